The maximum absolute atomic E-state index is 11.1. The molecule has 0 aliphatic rings. The predicted molar refractivity (Wildman–Crippen MR) is 75.2 cm³/mol. The molecule has 0 spiro atoms. The predicted octanol–water partition coefficient (Wildman–Crippen LogP) is 3.24. The van der Waals surface area contributed by atoms with E-state index in [1.165, 1.54) is 6.92 Å². The molecule has 1 heterocycles. The average Bonchev–Trinajstić information content (AvgIpc) is 2.67. The van der Waals surface area contributed by atoms with Gasteiger partial charge in [0, 0.05) is 13.5 Å². The molecule has 2 rings (SSSR count). The van der Waals surface area contributed by atoms with Gasteiger partial charge in [0.05, 0.1) is 5.69 Å². The van der Waals surface area contributed by atoms with E-state index in [1.807, 2.05) is 31.5 Å². The van der Waals surface area contributed by atoms with Gasteiger partial charge in [-0.2, -0.15) is 5.10 Å². The van der Waals surface area contributed by atoms with Gasteiger partial charge in [0.1, 0.15) is 5.69 Å². The maximum Gasteiger partial charge on any atom is 0.308 e. The number of benzene rings is 1. The van der Waals surface area contributed by atoms with Gasteiger partial charge in [-0.15, -0.1) is 0 Å². The summed E-state index contributed by atoms with van der Waals surface area (Å²) in [5.74, 6) is 1.23. The van der Waals surface area contributed by atoms with Crippen molar-refractivity contribution in [3.63, 3.8) is 0 Å². The Morgan fingerprint density at radius 3 is 2.45 bits per heavy atom. The summed E-state index contributed by atoms with van der Waals surface area (Å²) in [6.45, 7) is 8.01. The van der Waals surface area contributed by atoms with E-state index in [2.05, 4.69) is 5.10 Å². The molecule has 5 nitrogen and oxygen atoms in total. The molecule has 0 amide bonds. The second-order valence-electron chi connectivity index (χ2n) is 4.46. The summed E-state index contributed by atoms with van der Waals surface area (Å²) in [6, 6.07) is 7.09. The fraction of sp³-hybridized carbons (Fsp3) is 0.333. The molecule has 0 fully saturated rings. The Hall–Kier alpha value is -2.30. The molecule has 0 saturated carbocycles. The zero-order valence-corrected chi connectivity index (χ0v) is 12.1. The molecule has 0 aliphatic heterocycles. The van der Waals surface area contributed by atoms with Crippen molar-refractivity contribution >= 4 is 5.97 Å². The van der Waals surface area contributed by atoms with E-state index in [1.54, 1.807) is 18.2 Å². The van der Waals surface area contributed by atoms with E-state index in [0.717, 1.165) is 17.9 Å². The first-order valence-electron chi connectivity index (χ1n) is 6.52. The number of hydrogen-bond acceptors (Lipinski definition) is 4. The molecule has 0 atom stereocenters. The summed E-state index contributed by atoms with van der Waals surface area (Å²) in [7, 11) is 0. The Labute approximate surface area is 118 Å². The fourth-order valence-corrected chi connectivity index (χ4v) is 2.02. The van der Waals surface area contributed by atoms with Crippen molar-refractivity contribution in [2.24, 2.45) is 0 Å². The Bertz CT molecular complexity index is 632. The van der Waals surface area contributed by atoms with Gasteiger partial charge in [0.25, 0.3) is 0 Å². The second-order valence-corrected chi connectivity index (χ2v) is 4.46. The van der Waals surface area contributed by atoms with Crippen LogP contribution in [-0.2, 0) is 11.3 Å². The third kappa shape index (κ3) is 2.82. The number of aryl methyl sites for hydroxylation is 2. The first-order valence-corrected chi connectivity index (χ1v) is 6.52. The standard InChI is InChI=1S/C15H18N2O3/c1-5-17-11(3)15(10(2)16-17)20-14-9-7-6-8-13(14)19-12(4)18/h6-9H,5H2,1-4H3. The van der Waals surface area contributed by atoms with E-state index in [9.17, 15) is 4.79 Å². The van der Waals surface area contributed by atoms with Crippen LogP contribution >= 0.6 is 0 Å². The summed E-state index contributed by atoms with van der Waals surface area (Å²) in [5, 5.41) is 4.40. The number of para-hydroxylation sites is 2. The highest BCUT2D eigenvalue weighted by Gasteiger charge is 2.15. The minimum absolute atomic E-state index is 0.376. The van der Waals surface area contributed by atoms with Gasteiger partial charge >= 0.3 is 5.97 Å². The van der Waals surface area contributed by atoms with Crippen LogP contribution in [0.25, 0.3) is 0 Å². The van der Waals surface area contributed by atoms with Crippen molar-refractivity contribution in [3.8, 4) is 17.2 Å². The topological polar surface area (TPSA) is 53.4 Å². The molecule has 1 aromatic carbocycles. The van der Waals surface area contributed by atoms with Crippen LogP contribution in [0.15, 0.2) is 24.3 Å². The highest BCUT2D eigenvalue weighted by atomic mass is 16.6. The largest absolute Gasteiger partial charge is 0.450 e. The van der Waals surface area contributed by atoms with Crippen molar-refractivity contribution in [2.75, 3.05) is 0 Å². The molecule has 1 aromatic heterocycles. The van der Waals surface area contributed by atoms with Crippen LogP contribution in [-0.4, -0.2) is 15.7 Å². The molecule has 0 saturated heterocycles. The number of carbonyl (C=O) groups excluding carboxylic acids is 1. The van der Waals surface area contributed by atoms with Crippen LogP contribution in [0, 0.1) is 13.8 Å². The van der Waals surface area contributed by atoms with Gasteiger partial charge in [-0.1, -0.05) is 12.1 Å². The van der Waals surface area contributed by atoms with Gasteiger partial charge in [0.2, 0.25) is 0 Å². The van der Waals surface area contributed by atoms with E-state index in [-0.39, 0.29) is 5.97 Å². The summed E-state index contributed by atoms with van der Waals surface area (Å²) >= 11 is 0. The Morgan fingerprint density at radius 1 is 1.25 bits per heavy atom. The van der Waals surface area contributed by atoms with Gasteiger partial charge in [-0.3, -0.25) is 9.48 Å². The van der Waals surface area contributed by atoms with Crippen molar-refractivity contribution in [1.82, 2.24) is 9.78 Å². The van der Waals surface area contributed by atoms with Crippen LogP contribution in [0.3, 0.4) is 0 Å². The quantitative estimate of drug-likeness (QED) is 0.634. The molecular weight excluding hydrogens is 256 g/mol. The molecule has 0 N–H and O–H groups in total. The molecule has 0 aliphatic carbocycles. The van der Waals surface area contributed by atoms with Crippen LogP contribution in [0.4, 0.5) is 0 Å². The molecule has 20 heavy (non-hydrogen) atoms. The zero-order chi connectivity index (χ0) is 14.7. The molecular formula is C15H18N2O3. The van der Waals surface area contributed by atoms with Crippen molar-refractivity contribution in [1.29, 1.82) is 0 Å². The van der Waals surface area contributed by atoms with Crippen molar-refractivity contribution < 1.29 is 14.3 Å². The Balaban J connectivity index is 2.35. The number of rotatable bonds is 4. The molecule has 0 bridgehead atoms. The monoisotopic (exact) mass is 274 g/mol. The van der Waals surface area contributed by atoms with Gasteiger partial charge in [0.15, 0.2) is 17.2 Å². The first kappa shape index (κ1) is 14.1. The van der Waals surface area contributed by atoms with Crippen LogP contribution in [0.1, 0.15) is 25.2 Å². The lowest BCUT2D eigenvalue weighted by molar-refractivity contribution is -0.131. The first-order chi connectivity index (χ1) is 9.52. The molecule has 106 valence electrons. The molecule has 5 heteroatoms. The molecule has 2 aromatic rings. The van der Waals surface area contributed by atoms with E-state index >= 15 is 0 Å². The minimum atomic E-state index is -0.376. The summed E-state index contributed by atoms with van der Waals surface area (Å²) in [4.78, 5) is 11.1. The highest BCUT2D eigenvalue weighted by molar-refractivity contribution is 5.70. The third-order valence-electron chi connectivity index (χ3n) is 2.93. The summed E-state index contributed by atoms with van der Waals surface area (Å²) in [6.07, 6.45) is 0. The van der Waals surface area contributed by atoms with E-state index < -0.39 is 0 Å². The maximum atomic E-state index is 11.1. The van der Waals surface area contributed by atoms with Gasteiger partial charge in [-0.05, 0) is 32.9 Å². The van der Waals surface area contributed by atoms with Crippen molar-refractivity contribution in [2.45, 2.75) is 34.2 Å². The van der Waals surface area contributed by atoms with Crippen LogP contribution in [0.2, 0.25) is 0 Å². The fourth-order valence-electron chi connectivity index (χ4n) is 2.02. The number of hydrogen-bond donors (Lipinski definition) is 0. The molecule has 0 radical (unpaired) electrons. The third-order valence-corrected chi connectivity index (χ3v) is 2.93. The van der Waals surface area contributed by atoms with E-state index in [4.69, 9.17) is 9.47 Å². The smallest absolute Gasteiger partial charge is 0.308 e. The lowest BCUT2D eigenvalue weighted by Gasteiger charge is -2.10. The number of aromatic nitrogens is 2. The lowest BCUT2D eigenvalue weighted by atomic mass is 10.3. The Kier molecular flexibility index (Phi) is 4.08. The highest BCUT2D eigenvalue weighted by Crippen LogP contribution is 2.34. The van der Waals surface area contributed by atoms with Crippen LogP contribution in [0.5, 0.6) is 17.2 Å². The van der Waals surface area contributed by atoms with Crippen LogP contribution < -0.4 is 9.47 Å². The van der Waals surface area contributed by atoms with Gasteiger partial charge < -0.3 is 9.47 Å². The van der Waals surface area contributed by atoms with E-state index in [0.29, 0.717) is 17.2 Å². The van der Waals surface area contributed by atoms with Crippen molar-refractivity contribution in [3.05, 3.63) is 35.7 Å². The number of nitrogens with zero attached hydrogens (tertiary/aromatic N) is 2. The summed E-state index contributed by atoms with van der Waals surface area (Å²) < 4.78 is 12.9. The normalized spacial score (nSPS) is 10.4. The number of carbonyl (C=O) groups is 1. The number of esters is 1. The number of ether oxygens (including phenoxy) is 2. The molecule has 0 unspecified atom stereocenters. The Morgan fingerprint density at radius 2 is 1.90 bits per heavy atom. The second kappa shape index (κ2) is 5.77. The lowest BCUT2D eigenvalue weighted by Crippen LogP contribution is -2.03. The van der Waals surface area contributed by atoms with Gasteiger partial charge in [-0.25, -0.2) is 0 Å². The minimum Gasteiger partial charge on any atom is -0.450 e. The average molecular weight is 274 g/mol. The SMILES string of the molecule is CCn1nc(C)c(Oc2ccccc2OC(C)=O)c1C. The zero-order valence-electron chi connectivity index (χ0n) is 12.1. The summed E-state index contributed by atoms with van der Waals surface area (Å²) in [5.41, 5.74) is 1.75.